The van der Waals surface area contributed by atoms with E-state index in [0.717, 1.165) is 43.2 Å². The lowest BCUT2D eigenvalue weighted by Gasteiger charge is -2.37. The van der Waals surface area contributed by atoms with E-state index in [0.29, 0.717) is 0 Å². The van der Waals surface area contributed by atoms with Crippen LogP contribution in [0, 0.1) is 6.92 Å². The molecule has 1 aliphatic carbocycles. The Morgan fingerprint density at radius 1 is 0.963 bits per heavy atom. The number of rotatable bonds is 7. The summed E-state index contributed by atoms with van der Waals surface area (Å²) in [6, 6.07) is 7.96. The second-order valence-electron chi connectivity index (χ2n) is 6.91. The maximum Gasteiger partial charge on any atom is 0.345 e. The minimum atomic E-state index is -0.811. The van der Waals surface area contributed by atoms with E-state index >= 15 is 0 Å². The molecule has 0 heterocycles. The molecule has 0 radical (unpaired) electrons. The van der Waals surface area contributed by atoms with Crippen LogP contribution in [0.1, 0.15) is 50.2 Å². The Bertz CT molecular complexity index is 698. The van der Waals surface area contributed by atoms with Gasteiger partial charge in [-0.3, -0.25) is 0 Å². The third-order valence-corrected chi connectivity index (χ3v) is 4.57. The number of hydrogen-bond donors (Lipinski definition) is 0. The van der Waals surface area contributed by atoms with Gasteiger partial charge < -0.3 is 14.2 Å². The highest BCUT2D eigenvalue weighted by molar-refractivity contribution is 5.88. The number of carbonyl (C=O) groups is 3. The van der Waals surface area contributed by atoms with Gasteiger partial charge in [0.25, 0.3) is 0 Å². The average Bonchev–Trinajstić information content (AvgIpc) is 2.65. The molecule has 2 rings (SSSR count). The monoisotopic (exact) mass is 374 g/mol. The first-order chi connectivity index (χ1) is 12.8. The van der Waals surface area contributed by atoms with E-state index in [1.54, 1.807) is 0 Å². The molecule has 6 heteroatoms. The van der Waals surface area contributed by atoms with Gasteiger partial charge >= 0.3 is 17.9 Å². The van der Waals surface area contributed by atoms with Gasteiger partial charge in [-0.15, -0.1) is 0 Å². The lowest BCUT2D eigenvalue weighted by atomic mass is 9.79. The van der Waals surface area contributed by atoms with Crippen LogP contribution in [-0.4, -0.2) is 31.1 Å². The van der Waals surface area contributed by atoms with Crippen LogP contribution in [0.3, 0.4) is 0 Å². The van der Waals surface area contributed by atoms with E-state index in [-0.39, 0.29) is 5.57 Å². The van der Waals surface area contributed by atoms with Crippen LogP contribution in [0.25, 0.3) is 0 Å². The molecular formula is C21H26O6. The van der Waals surface area contributed by atoms with E-state index < -0.39 is 36.7 Å². The highest BCUT2D eigenvalue weighted by Gasteiger charge is 2.37. The molecular weight excluding hydrogens is 348 g/mol. The molecule has 0 bridgehead atoms. The normalized spacial score (nSPS) is 15.5. The van der Waals surface area contributed by atoms with E-state index in [9.17, 15) is 14.4 Å². The first-order valence-corrected chi connectivity index (χ1v) is 9.10. The summed E-state index contributed by atoms with van der Waals surface area (Å²) in [7, 11) is 0. The fraction of sp³-hybridized carbons (Fsp3) is 0.476. The number of esters is 3. The zero-order chi connectivity index (χ0) is 19.9. The minimum Gasteiger partial charge on any atom is -0.452 e. The minimum absolute atomic E-state index is 0.180. The highest BCUT2D eigenvalue weighted by Crippen LogP contribution is 2.40. The molecule has 0 unspecified atom stereocenters. The molecule has 1 aliphatic rings. The lowest BCUT2D eigenvalue weighted by molar-refractivity contribution is -0.176. The third kappa shape index (κ3) is 5.94. The van der Waals surface area contributed by atoms with Crippen molar-refractivity contribution in [3.05, 3.63) is 47.5 Å². The van der Waals surface area contributed by atoms with Gasteiger partial charge in [0.1, 0.15) is 5.60 Å². The molecule has 0 aliphatic heterocycles. The van der Waals surface area contributed by atoms with Gasteiger partial charge in [0.05, 0.1) is 0 Å². The zero-order valence-corrected chi connectivity index (χ0v) is 15.9. The fourth-order valence-electron chi connectivity index (χ4n) is 3.11. The van der Waals surface area contributed by atoms with Crippen molar-refractivity contribution in [2.24, 2.45) is 0 Å². The van der Waals surface area contributed by atoms with Gasteiger partial charge in [-0.05, 0) is 45.1 Å². The number of carbonyl (C=O) groups excluding carboxylic acids is 3. The lowest BCUT2D eigenvalue weighted by Crippen LogP contribution is -2.36. The quantitative estimate of drug-likeness (QED) is 0.414. The van der Waals surface area contributed by atoms with Crippen LogP contribution >= 0.6 is 0 Å². The van der Waals surface area contributed by atoms with Crippen molar-refractivity contribution in [3.63, 3.8) is 0 Å². The molecule has 27 heavy (non-hydrogen) atoms. The molecule has 0 saturated heterocycles. The fourth-order valence-corrected chi connectivity index (χ4v) is 3.11. The van der Waals surface area contributed by atoms with Gasteiger partial charge in [0, 0.05) is 5.57 Å². The van der Waals surface area contributed by atoms with Crippen molar-refractivity contribution >= 4 is 17.9 Å². The summed E-state index contributed by atoms with van der Waals surface area (Å²) in [4.78, 5) is 35.2. The first-order valence-electron chi connectivity index (χ1n) is 9.10. The van der Waals surface area contributed by atoms with Gasteiger partial charge in [-0.1, -0.05) is 42.8 Å². The Balaban J connectivity index is 1.92. The Hall–Kier alpha value is -2.63. The smallest absolute Gasteiger partial charge is 0.345 e. The van der Waals surface area contributed by atoms with Crippen LogP contribution < -0.4 is 0 Å². The zero-order valence-electron chi connectivity index (χ0n) is 15.9. The summed E-state index contributed by atoms with van der Waals surface area (Å²) >= 11 is 0. The van der Waals surface area contributed by atoms with Gasteiger partial charge in [0.15, 0.2) is 13.2 Å². The van der Waals surface area contributed by atoms with Gasteiger partial charge in [-0.2, -0.15) is 0 Å². The molecule has 1 aromatic carbocycles. The molecule has 1 aromatic rings. The molecule has 0 amide bonds. The standard InChI is InChI=1S/C21H26O6/c1-15(2)20(24)26-13-18(22)25-14-19(23)27-21(11-5-4-6-12-21)17-9-7-16(3)8-10-17/h7-10H,1,4-6,11-14H2,2-3H3. The van der Waals surface area contributed by atoms with Crippen molar-refractivity contribution in [1.29, 1.82) is 0 Å². The summed E-state index contributed by atoms with van der Waals surface area (Å²) in [5, 5.41) is 0. The van der Waals surface area contributed by atoms with Gasteiger partial charge in [-0.25, -0.2) is 14.4 Å². The van der Waals surface area contributed by atoms with Crippen molar-refractivity contribution < 1.29 is 28.6 Å². The summed E-state index contributed by atoms with van der Waals surface area (Å²) in [6.45, 7) is 5.80. The molecule has 146 valence electrons. The van der Waals surface area contributed by atoms with Crippen molar-refractivity contribution in [3.8, 4) is 0 Å². The Morgan fingerprint density at radius 3 is 2.15 bits per heavy atom. The number of benzene rings is 1. The van der Waals surface area contributed by atoms with Crippen LogP contribution in [0.15, 0.2) is 36.4 Å². The molecule has 0 N–H and O–H groups in total. The second kappa shape index (κ2) is 9.35. The van der Waals surface area contributed by atoms with Crippen molar-refractivity contribution in [2.45, 2.75) is 51.6 Å². The highest BCUT2D eigenvalue weighted by atomic mass is 16.6. The van der Waals surface area contributed by atoms with Crippen molar-refractivity contribution in [1.82, 2.24) is 0 Å². The largest absolute Gasteiger partial charge is 0.452 e. The predicted molar refractivity (Wildman–Crippen MR) is 98.8 cm³/mol. The van der Waals surface area contributed by atoms with E-state index in [2.05, 4.69) is 11.3 Å². The molecule has 0 aromatic heterocycles. The Labute approximate surface area is 159 Å². The van der Waals surface area contributed by atoms with Gasteiger partial charge in [0.2, 0.25) is 0 Å². The van der Waals surface area contributed by atoms with Crippen LogP contribution in [-0.2, 0) is 34.2 Å². The summed E-state index contributed by atoms with van der Waals surface area (Å²) in [5.74, 6) is -2.11. The van der Waals surface area contributed by atoms with Crippen LogP contribution in [0.2, 0.25) is 0 Å². The Morgan fingerprint density at radius 2 is 1.56 bits per heavy atom. The average molecular weight is 374 g/mol. The number of aryl methyl sites for hydroxylation is 1. The summed E-state index contributed by atoms with van der Waals surface area (Å²) in [5.41, 5.74) is 1.60. The second-order valence-corrected chi connectivity index (χ2v) is 6.91. The van der Waals surface area contributed by atoms with Crippen LogP contribution in [0.4, 0.5) is 0 Å². The molecule has 1 fully saturated rings. The van der Waals surface area contributed by atoms with E-state index in [1.807, 2.05) is 31.2 Å². The maximum absolute atomic E-state index is 12.3. The van der Waals surface area contributed by atoms with Crippen molar-refractivity contribution in [2.75, 3.05) is 13.2 Å². The topological polar surface area (TPSA) is 78.9 Å². The molecule has 1 saturated carbocycles. The first kappa shape index (κ1) is 20.7. The SMILES string of the molecule is C=C(C)C(=O)OCC(=O)OCC(=O)OC1(c2ccc(C)cc2)CCCCC1. The summed E-state index contributed by atoms with van der Waals surface area (Å²) in [6.07, 6.45) is 4.53. The number of ether oxygens (including phenoxy) is 3. The Kier molecular flexibility index (Phi) is 7.16. The predicted octanol–water partition coefficient (Wildman–Crippen LogP) is 3.36. The maximum atomic E-state index is 12.3. The molecule has 0 atom stereocenters. The third-order valence-electron chi connectivity index (χ3n) is 4.57. The number of hydrogen-bond acceptors (Lipinski definition) is 6. The summed E-state index contributed by atoms with van der Waals surface area (Å²) < 4.78 is 15.3. The molecule has 6 nitrogen and oxygen atoms in total. The van der Waals surface area contributed by atoms with E-state index in [4.69, 9.17) is 9.47 Å². The van der Waals surface area contributed by atoms with Crippen LogP contribution in [0.5, 0.6) is 0 Å². The molecule has 0 spiro atoms. The van der Waals surface area contributed by atoms with E-state index in [1.165, 1.54) is 6.92 Å².